The van der Waals surface area contributed by atoms with Crippen LogP contribution in [0.4, 0.5) is 0 Å². The Morgan fingerprint density at radius 2 is 2.09 bits per heavy atom. The molecule has 0 aliphatic carbocycles. The van der Waals surface area contributed by atoms with Gasteiger partial charge in [0.15, 0.2) is 5.75 Å². The molecule has 0 atom stereocenters. The van der Waals surface area contributed by atoms with Crippen molar-refractivity contribution in [2.75, 3.05) is 0 Å². The second-order valence-corrected chi connectivity index (χ2v) is 2.63. The van der Waals surface area contributed by atoms with Crippen molar-refractivity contribution >= 4 is 29.7 Å². The molecule has 1 rings (SSSR count). The molecule has 0 unspecified atom stereocenters. The first-order chi connectivity index (χ1) is 5.24. The second kappa shape index (κ2) is 3.60. The molecule has 0 bridgehead atoms. The summed E-state index contributed by atoms with van der Waals surface area (Å²) in [7, 11) is 0. The molecule has 0 radical (unpaired) electrons. The van der Waals surface area contributed by atoms with Crippen LogP contribution in [0.15, 0.2) is 18.2 Å². The van der Waals surface area contributed by atoms with Crippen LogP contribution in [0.5, 0.6) is 5.75 Å². The van der Waals surface area contributed by atoms with Gasteiger partial charge < -0.3 is 4.74 Å². The number of rotatable bonds is 2. The van der Waals surface area contributed by atoms with E-state index in [-0.39, 0.29) is 5.75 Å². The van der Waals surface area contributed by atoms with Crippen LogP contribution < -0.4 is 4.74 Å². The average molecular weight is 191 g/mol. The summed E-state index contributed by atoms with van der Waals surface area (Å²) in [6, 6.07) is 4.64. The van der Waals surface area contributed by atoms with Gasteiger partial charge in [0.2, 0.25) is 0 Å². The zero-order valence-electron chi connectivity index (χ0n) is 5.38. The smallest absolute Gasteiger partial charge is 0.298 e. The summed E-state index contributed by atoms with van der Waals surface area (Å²) >= 11 is 11.2. The fourth-order valence-corrected chi connectivity index (χ4v) is 0.944. The summed E-state index contributed by atoms with van der Waals surface area (Å²) in [4.78, 5) is 9.91. The maximum absolute atomic E-state index is 9.91. The first-order valence-corrected chi connectivity index (χ1v) is 3.55. The number of halogens is 2. The van der Waals surface area contributed by atoms with Crippen LogP contribution in [0.2, 0.25) is 10.0 Å². The average Bonchev–Trinajstić information content (AvgIpc) is 1.98. The molecule has 0 aliphatic heterocycles. The predicted molar refractivity (Wildman–Crippen MR) is 43.2 cm³/mol. The molecule has 0 saturated carbocycles. The summed E-state index contributed by atoms with van der Waals surface area (Å²) in [5.41, 5.74) is 0. The van der Waals surface area contributed by atoms with E-state index in [0.29, 0.717) is 16.5 Å². The monoisotopic (exact) mass is 190 g/mol. The minimum absolute atomic E-state index is 0.272. The molecule has 0 heterocycles. The van der Waals surface area contributed by atoms with E-state index in [2.05, 4.69) is 4.74 Å². The Bertz CT molecular complexity index is 273. The summed E-state index contributed by atoms with van der Waals surface area (Å²) in [6.45, 7) is 0.303. The summed E-state index contributed by atoms with van der Waals surface area (Å²) < 4.78 is 4.52. The third kappa shape index (κ3) is 2.10. The molecule has 4 heteroatoms. The maximum atomic E-state index is 9.91. The van der Waals surface area contributed by atoms with Crippen molar-refractivity contribution in [3.8, 4) is 5.75 Å². The molecule has 0 aliphatic rings. The molecule has 0 fully saturated rings. The number of benzene rings is 1. The van der Waals surface area contributed by atoms with Gasteiger partial charge in [-0.1, -0.05) is 23.2 Å². The normalized spacial score (nSPS) is 9.27. The van der Waals surface area contributed by atoms with E-state index in [1.807, 2.05) is 0 Å². The molecule has 0 spiro atoms. The van der Waals surface area contributed by atoms with E-state index in [1.54, 1.807) is 12.1 Å². The second-order valence-electron chi connectivity index (χ2n) is 1.79. The van der Waals surface area contributed by atoms with Crippen LogP contribution in [-0.4, -0.2) is 6.47 Å². The van der Waals surface area contributed by atoms with Gasteiger partial charge >= 0.3 is 0 Å². The molecule has 11 heavy (non-hydrogen) atoms. The standard InChI is InChI=1S/C7H4Cl2O2/c8-5-1-2-6(9)7(3-5)11-4-10/h1-4H. The van der Waals surface area contributed by atoms with Gasteiger partial charge in [0.25, 0.3) is 6.47 Å². The van der Waals surface area contributed by atoms with E-state index in [9.17, 15) is 4.79 Å². The lowest BCUT2D eigenvalue weighted by atomic mass is 10.3. The zero-order valence-corrected chi connectivity index (χ0v) is 6.89. The van der Waals surface area contributed by atoms with Crippen molar-refractivity contribution in [2.24, 2.45) is 0 Å². The molecule has 0 aromatic heterocycles. The van der Waals surface area contributed by atoms with E-state index >= 15 is 0 Å². The minimum Gasteiger partial charge on any atom is -0.427 e. The van der Waals surface area contributed by atoms with Gasteiger partial charge in [-0.25, -0.2) is 0 Å². The Balaban J connectivity index is 3.01. The van der Waals surface area contributed by atoms with Gasteiger partial charge in [0, 0.05) is 11.1 Å². The molecule has 58 valence electrons. The highest BCUT2D eigenvalue weighted by Gasteiger charge is 2.00. The van der Waals surface area contributed by atoms with Gasteiger partial charge in [-0.15, -0.1) is 0 Å². The highest BCUT2D eigenvalue weighted by atomic mass is 35.5. The molecular formula is C7H4Cl2O2. The fourth-order valence-electron chi connectivity index (χ4n) is 0.619. The number of carbonyl (C=O) groups excluding carboxylic acids is 1. The molecule has 1 aromatic carbocycles. The van der Waals surface area contributed by atoms with Crippen LogP contribution in [0.3, 0.4) is 0 Å². The first-order valence-electron chi connectivity index (χ1n) is 2.79. The Labute approximate surface area is 73.7 Å². The highest BCUT2D eigenvalue weighted by Crippen LogP contribution is 2.26. The quantitative estimate of drug-likeness (QED) is 0.671. The number of carbonyl (C=O) groups is 1. The van der Waals surface area contributed by atoms with Crippen molar-refractivity contribution in [1.29, 1.82) is 0 Å². The number of hydrogen-bond donors (Lipinski definition) is 0. The lowest BCUT2D eigenvalue weighted by Gasteiger charge is -1.99. The molecule has 2 nitrogen and oxygen atoms in total. The van der Waals surface area contributed by atoms with Gasteiger partial charge in [0.05, 0.1) is 5.02 Å². The Morgan fingerprint density at radius 1 is 1.36 bits per heavy atom. The van der Waals surface area contributed by atoms with Gasteiger partial charge in [-0.2, -0.15) is 0 Å². The van der Waals surface area contributed by atoms with Crippen LogP contribution >= 0.6 is 23.2 Å². The minimum atomic E-state index is 0.272. The number of hydrogen-bond acceptors (Lipinski definition) is 2. The predicted octanol–water partition coefficient (Wildman–Crippen LogP) is 2.53. The van der Waals surface area contributed by atoms with Crippen LogP contribution in [0, 0.1) is 0 Å². The van der Waals surface area contributed by atoms with E-state index in [4.69, 9.17) is 23.2 Å². The Hall–Kier alpha value is -0.730. The third-order valence-corrected chi connectivity index (χ3v) is 1.62. The lowest BCUT2D eigenvalue weighted by molar-refractivity contribution is -0.120. The van der Waals surface area contributed by atoms with Crippen molar-refractivity contribution in [3.05, 3.63) is 28.2 Å². The summed E-state index contributed by atoms with van der Waals surface area (Å²) in [5, 5.41) is 0.841. The fraction of sp³-hybridized carbons (Fsp3) is 0. The third-order valence-electron chi connectivity index (χ3n) is 1.07. The molecular weight excluding hydrogens is 187 g/mol. The first kappa shape index (κ1) is 8.37. The van der Waals surface area contributed by atoms with E-state index in [1.165, 1.54) is 6.07 Å². The highest BCUT2D eigenvalue weighted by molar-refractivity contribution is 6.34. The van der Waals surface area contributed by atoms with Crippen LogP contribution in [0.1, 0.15) is 0 Å². The van der Waals surface area contributed by atoms with Gasteiger partial charge in [-0.3, -0.25) is 4.79 Å². The van der Waals surface area contributed by atoms with Crippen molar-refractivity contribution in [3.63, 3.8) is 0 Å². The largest absolute Gasteiger partial charge is 0.427 e. The maximum Gasteiger partial charge on any atom is 0.298 e. The van der Waals surface area contributed by atoms with Crippen molar-refractivity contribution < 1.29 is 9.53 Å². The van der Waals surface area contributed by atoms with E-state index < -0.39 is 0 Å². The SMILES string of the molecule is O=COc1cc(Cl)ccc1Cl. The van der Waals surface area contributed by atoms with Gasteiger partial charge in [-0.05, 0) is 12.1 Å². The van der Waals surface area contributed by atoms with Gasteiger partial charge in [0.1, 0.15) is 0 Å². The summed E-state index contributed by atoms with van der Waals surface area (Å²) in [5.74, 6) is 0.272. The molecule has 0 saturated heterocycles. The van der Waals surface area contributed by atoms with E-state index in [0.717, 1.165) is 0 Å². The van der Waals surface area contributed by atoms with Crippen molar-refractivity contribution in [1.82, 2.24) is 0 Å². The van der Waals surface area contributed by atoms with Crippen molar-refractivity contribution in [2.45, 2.75) is 0 Å². The Kier molecular flexibility index (Phi) is 2.74. The summed E-state index contributed by atoms with van der Waals surface area (Å²) in [6.07, 6.45) is 0. The lowest BCUT2D eigenvalue weighted by Crippen LogP contribution is -1.88. The zero-order chi connectivity index (χ0) is 8.27. The number of ether oxygens (including phenoxy) is 1. The van der Waals surface area contributed by atoms with Crippen LogP contribution in [0.25, 0.3) is 0 Å². The molecule has 1 aromatic rings. The Morgan fingerprint density at radius 3 is 2.73 bits per heavy atom. The molecule has 0 N–H and O–H groups in total. The van der Waals surface area contributed by atoms with Crippen LogP contribution in [-0.2, 0) is 4.79 Å². The topological polar surface area (TPSA) is 26.3 Å². The molecule has 0 amide bonds.